The zero-order chi connectivity index (χ0) is 13.3. The van der Waals surface area contributed by atoms with Gasteiger partial charge in [0.25, 0.3) is 0 Å². The van der Waals surface area contributed by atoms with Crippen molar-refractivity contribution in [3.63, 3.8) is 0 Å². The van der Waals surface area contributed by atoms with E-state index in [0.29, 0.717) is 11.3 Å². The van der Waals surface area contributed by atoms with Crippen LogP contribution in [0.15, 0.2) is 60.7 Å². The Labute approximate surface area is 116 Å². The van der Waals surface area contributed by atoms with Crippen LogP contribution in [-0.4, -0.2) is 6.66 Å². The Bertz CT molecular complexity index is 486. The van der Waals surface area contributed by atoms with Crippen molar-refractivity contribution in [3.8, 4) is 0 Å². The number of hydrogen-bond donors (Lipinski definition) is 1. The van der Waals surface area contributed by atoms with E-state index in [9.17, 15) is 0 Å². The van der Waals surface area contributed by atoms with Gasteiger partial charge in [-0.1, -0.05) is 0 Å². The Morgan fingerprint density at radius 2 is 1.16 bits per heavy atom. The molecule has 2 atom stereocenters. The number of hydrogen-bond acceptors (Lipinski definition) is 1. The van der Waals surface area contributed by atoms with Gasteiger partial charge in [0.15, 0.2) is 0 Å². The quantitative estimate of drug-likeness (QED) is 0.799. The van der Waals surface area contributed by atoms with Crippen molar-refractivity contribution in [2.75, 3.05) is 6.66 Å². The van der Waals surface area contributed by atoms with Crippen LogP contribution in [-0.2, 0) is 0 Å². The summed E-state index contributed by atoms with van der Waals surface area (Å²) in [6.45, 7) is 2.36. The van der Waals surface area contributed by atoms with Gasteiger partial charge in [0.2, 0.25) is 0 Å². The van der Waals surface area contributed by atoms with Gasteiger partial charge in [-0.3, -0.25) is 0 Å². The fourth-order valence-electron chi connectivity index (χ4n) is 3.62. The number of benzene rings is 2. The summed E-state index contributed by atoms with van der Waals surface area (Å²) in [6.07, 6.45) is 2.48. The molecule has 1 nitrogen and oxygen atoms in total. The summed E-state index contributed by atoms with van der Waals surface area (Å²) in [5.41, 5.74) is 10.9. The molecule has 0 spiro atoms. The van der Waals surface area contributed by atoms with Crippen molar-refractivity contribution in [2.45, 2.75) is 24.2 Å². The Hall–Kier alpha value is -1.17. The summed E-state index contributed by atoms with van der Waals surface area (Å²) in [5, 5.41) is 0. The molecule has 1 aliphatic rings. The van der Waals surface area contributed by atoms with Gasteiger partial charge in [0, 0.05) is 0 Å². The molecular formula is C17H22NP. The summed E-state index contributed by atoms with van der Waals surface area (Å²) in [4.78, 5) is 0. The van der Waals surface area contributed by atoms with E-state index < -0.39 is 7.41 Å². The van der Waals surface area contributed by atoms with E-state index in [1.165, 1.54) is 24.0 Å². The van der Waals surface area contributed by atoms with E-state index in [1.54, 1.807) is 0 Å². The van der Waals surface area contributed by atoms with Gasteiger partial charge in [-0.2, -0.15) is 0 Å². The van der Waals surface area contributed by atoms with Gasteiger partial charge < -0.3 is 0 Å². The minimum atomic E-state index is -1.78. The van der Waals surface area contributed by atoms with E-state index >= 15 is 0 Å². The van der Waals surface area contributed by atoms with Crippen LogP contribution in [0, 0.1) is 0 Å². The monoisotopic (exact) mass is 271 g/mol. The number of rotatable bonds is 2. The molecule has 1 saturated heterocycles. The van der Waals surface area contributed by atoms with E-state index in [0.717, 1.165) is 0 Å². The van der Waals surface area contributed by atoms with E-state index in [-0.39, 0.29) is 0 Å². The molecule has 100 valence electrons. The summed E-state index contributed by atoms with van der Waals surface area (Å²) >= 11 is 0. The minimum absolute atomic E-state index is 0.596. The first-order chi connectivity index (χ1) is 9.19. The third-order valence-corrected chi connectivity index (χ3v) is 8.90. The number of nitrogens with two attached hydrogens (primary N) is 1. The summed E-state index contributed by atoms with van der Waals surface area (Å²) in [6, 6.07) is 21.7. The second-order valence-corrected chi connectivity index (χ2v) is 10.00. The Morgan fingerprint density at radius 3 is 1.53 bits per heavy atom. The van der Waals surface area contributed by atoms with Gasteiger partial charge in [-0.05, 0) is 0 Å². The van der Waals surface area contributed by atoms with Crippen LogP contribution < -0.4 is 5.50 Å². The van der Waals surface area contributed by atoms with Crippen molar-refractivity contribution in [1.29, 1.82) is 0 Å². The predicted octanol–water partition coefficient (Wildman–Crippen LogP) is 4.52. The van der Waals surface area contributed by atoms with Crippen molar-refractivity contribution >= 4 is 7.41 Å². The molecule has 19 heavy (non-hydrogen) atoms. The molecule has 1 aliphatic heterocycles. The average molecular weight is 271 g/mol. The zero-order valence-corrected chi connectivity index (χ0v) is 12.4. The van der Waals surface area contributed by atoms with E-state index in [4.69, 9.17) is 5.50 Å². The van der Waals surface area contributed by atoms with Crippen molar-refractivity contribution in [2.24, 2.45) is 5.50 Å². The summed E-state index contributed by atoms with van der Waals surface area (Å²) in [5.74, 6) is 0. The maximum atomic E-state index is 6.87. The van der Waals surface area contributed by atoms with Crippen LogP contribution >= 0.6 is 7.41 Å². The molecule has 2 aromatic rings. The first kappa shape index (κ1) is 12.8. The van der Waals surface area contributed by atoms with Crippen molar-refractivity contribution < 1.29 is 0 Å². The van der Waals surface area contributed by atoms with E-state index in [1.807, 2.05) is 0 Å². The van der Waals surface area contributed by atoms with Gasteiger partial charge in [0.05, 0.1) is 0 Å². The van der Waals surface area contributed by atoms with Crippen molar-refractivity contribution in [1.82, 2.24) is 0 Å². The molecule has 0 aromatic heterocycles. The van der Waals surface area contributed by atoms with Gasteiger partial charge in [0.1, 0.15) is 0 Å². The maximum absolute atomic E-state index is 6.87. The van der Waals surface area contributed by atoms with Crippen LogP contribution in [0.25, 0.3) is 0 Å². The normalized spacial score (nSPS) is 27.1. The van der Waals surface area contributed by atoms with Crippen LogP contribution in [0.3, 0.4) is 0 Å². The molecule has 1 heterocycles. The van der Waals surface area contributed by atoms with Crippen LogP contribution in [0.2, 0.25) is 0 Å². The molecule has 0 radical (unpaired) electrons. The van der Waals surface area contributed by atoms with Crippen molar-refractivity contribution in [3.05, 3.63) is 71.8 Å². The molecule has 0 amide bonds. The Balaban J connectivity index is 1.92. The summed E-state index contributed by atoms with van der Waals surface area (Å²) in [7, 11) is -1.78. The second kappa shape index (κ2) is 5.07. The molecule has 0 unspecified atom stereocenters. The van der Waals surface area contributed by atoms with Crippen LogP contribution in [0.5, 0.6) is 0 Å². The first-order valence-electron chi connectivity index (χ1n) is 7.08. The molecule has 0 saturated carbocycles. The average Bonchev–Trinajstić information content (AvgIpc) is 2.76. The van der Waals surface area contributed by atoms with Gasteiger partial charge in [-0.15, -0.1) is 0 Å². The predicted molar refractivity (Wildman–Crippen MR) is 86.0 cm³/mol. The molecule has 3 rings (SSSR count). The third-order valence-electron chi connectivity index (χ3n) is 4.65. The van der Waals surface area contributed by atoms with Crippen LogP contribution in [0.4, 0.5) is 0 Å². The molecule has 2 N–H and O–H groups in total. The fraction of sp³-hybridized carbons (Fsp3) is 0.294. The third kappa shape index (κ3) is 2.33. The van der Waals surface area contributed by atoms with Gasteiger partial charge >= 0.3 is 116 Å². The molecular weight excluding hydrogens is 249 g/mol. The topological polar surface area (TPSA) is 26.0 Å². The zero-order valence-electron chi connectivity index (χ0n) is 11.4. The standard InChI is InChI=1S/C17H22NP/c1-19(18)16(14-8-4-2-5-9-14)12-13-17(19)15-10-6-3-7-11-15/h2-11,16-17,19H,12-13,18H2,1H3/t16-,17-/m0/s1. The Morgan fingerprint density at radius 1 is 0.789 bits per heavy atom. The van der Waals surface area contributed by atoms with Crippen LogP contribution in [0.1, 0.15) is 35.3 Å². The molecule has 0 aliphatic carbocycles. The molecule has 1 fully saturated rings. The fourth-order valence-corrected chi connectivity index (χ4v) is 7.50. The molecule has 2 aromatic carbocycles. The summed E-state index contributed by atoms with van der Waals surface area (Å²) < 4.78 is 0. The first-order valence-corrected chi connectivity index (χ1v) is 9.81. The van der Waals surface area contributed by atoms with E-state index in [2.05, 4.69) is 67.3 Å². The Kier molecular flexibility index (Phi) is 3.43. The SMILES string of the molecule is C[PH]1(N)[C@H](c2ccccc2)CC[C@H]1c1ccccc1. The molecule has 2 heteroatoms. The van der Waals surface area contributed by atoms with Gasteiger partial charge in [-0.25, -0.2) is 0 Å². The molecule has 0 bridgehead atoms. The second-order valence-electron chi connectivity index (χ2n) is 5.87.